The number of nitrogens with zero attached hydrogens (tertiary/aromatic N) is 3. The van der Waals surface area contributed by atoms with Crippen LogP contribution in [0, 0.1) is 0 Å². The van der Waals surface area contributed by atoms with E-state index < -0.39 is 0 Å². The van der Waals surface area contributed by atoms with Crippen LogP contribution in [0.1, 0.15) is 13.3 Å². The number of aryl methyl sites for hydroxylation is 1. The average Bonchev–Trinajstić information content (AvgIpc) is 2.81. The molecule has 102 valence electrons. The second kappa shape index (κ2) is 5.25. The van der Waals surface area contributed by atoms with Gasteiger partial charge in [-0.25, -0.2) is 4.98 Å². The van der Waals surface area contributed by atoms with Crippen LogP contribution in [0.15, 0.2) is 41.1 Å². The summed E-state index contributed by atoms with van der Waals surface area (Å²) in [5, 5.41) is 0. The Hall–Kier alpha value is -1.88. The van der Waals surface area contributed by atoms with Gasteiger partial charge >= 0.3 is 0 Å². The normalized spacial score (nSPS) is 11.1. The Morgan fingerprint density at radius 3 is 2.95 bits per heavy atom. The second-order valence-electron chi connectivity index (χ2n) is 4.65. The number of imidazole rings is 1. The summed E-state index contributed by atoms with van der Waals surface area (Å²) in [5.74, 6) is 0.897. The standard InChI is InChI=1S/C15H15BrN4/c1-2-8-20-13-6-7-18-9-12(13)19-15(20)10-4-3-5-11(16)14(10)17/h3-7,9H,2,8,17H2,1H3. The maximum Gasteiger partial charge on any atom is 0.143 e. The molecule has 2 heterocycles. The summed E-state index contributed by atoms with van der Waals surface area (Å²) in [7, 11) is 0. The van der Waals surface area contributed by atoms with Crippen LogP contribution >= 0.6 is 15.9 Å². The van der Waals surface area contributed by atoms with Crippen LogP contribution in [0.4, 0.5) is 5.69 Å². The molecule has 0 aliphatic heterocycles. The van der Waals surface area contributed by atoms with Crippen molar-refractivity contribution in [1.82, 2.24) is 14.5 Å². The van der Waals surface area contributed by atoms with Crippen LogP contribution in [-0.2, 0) is 6.54 Å². The van der Waals surface area contributed by atoms with Gasteiger partial charge in [-0.15, -0.1) is 0 Å². The molecule has 0 bridgehead atoms. The second-order valence-corrected chi connectivity index (χ2v) is 5.51. The van der Waals surface area contributed by atoms with Crippen LogP contribution in [-0.4, -0.2) is 14.5 Å². The van der Waals surface area contributed by atoms with E-state index in [9.17, 15) is 0 Å². The minimum Gasteiger partial charge on any atom is -0.397 e. The van der Waals surface area contributed by atoms with Gasteiger partial charge in [-0.3, -0.25) is 4.98 Å². The van der Waals surface area contributed by atoms with E-state index in [0.29, 0.717) is 5.69 Å². The molecule has 3 rings (SSSR count). The molecule has 20 heavy (non-hydrogen) atoms. The summed E-state index contributed by atoms with van der Waals surface area (Å²) in [6, 6.07) is 7.91. The summed E-state index contributed by atoms with van der Waals surface area (Å²) < 4.78 is 3.10. The molecule has 0 unspecified atom stereocenters. The molecule has 0 aliphatic carbocycles. The van der Waals surface area contributed by atoms with E-state index in [1.54, 1.807) is 12.4 Å². The Balaban J connectivity index is 2.29. The zero-order valence-electron chi connectivity index (χ0n) is 11.2. The first-order chi connectivity index (χ1) is 9.72. The fourth-order valence-corrected chi connectivity index (χ4v) is 2.74. The predicted molar refractivity (Wildman–Crippen MR) is 85.4 cm³/mol. The molecule has 0 radical (unpaired) electrons. The molecule has 0 aliphatic rings. The number of aromatic nitrogens is 3. The number of nitrogen functional groups attached to an aromatic ring is 1. The quantitative estimate of drug-likeness (QED) is 0.742. The predicted octanol–water partition coefficient (Wildman–Crippen LogP) is 3.85. The summed E-state index contributed by atoms with van der Waals surface area (Å²) in [6.07, 6.45) is 4.62. The van der Waals surface area contributed by atoms with Gasteiger partial charge in [-0.05, 0) is 40.5 Å². The number of benzene rings is 1. The number of rotatable bonds is 3. The molecular formula is C15H15BrN4. The van der Waals surface area contributed by atoms with E-state index in [0.717, 1.165) is 39.9 Å². The number of para-hydroxylation sites is 1. The highest BCUT2D eigenvalue weighted by molar-refractivity contribution is 9.10. The number of nitrogens with two attached hydrogens (primary N) is 1. The molecule has 1 aromatic carbocycles. The van der Waals surface area contributed by atoms with Crippen molar-refractivity contribution in [2.45, 2.75) is 19.9 Å². The van der Waals surface area contributed by atoms with Crippen LogP contribution in [0.5, 0.6) is 0 Å². The molecule has 0 fully saturated rings. The van der Waals surface area contributed by atoms with E-state index in [4.69, 9.17) is 10.7 Å². The monoisotopic (exact) mass is 330 g/mol. The largest absolute Gasteiger partial charge is 0.397 e. The Labute approximate surface area is 125 Å². The van der Waals surface area contributed by atoms with Gasteiger partial charge in [0, 0.05) is 22.8 Å². The lowest BCUT2D eigenvalue weighted by Crippen LogP contribution is -2.02. The van der Waals surface area contributed by atoms with Crippen molar-refractivity contribution in [3.63, 3.8) is 0 Å². The van der Waals surface area contributed by atoms with Crippen molar-refractivity contribution in [3.8, 4) is 11.4 Å². The highest BCUT2D eigenvalue weighted by Gasteiger charge is 2.15. The number of anilines is 1. The number of hydrogen-bond acceptors (Lipinski definition) is 3. The topological polar surface area (TPSA) is 56.7 Å². The molecule has 0 amide bonds. The van der Waals surface area contributed by atoms with E-state index in [-0.39, 0.29) is 0 Å². The fraction of sp³-hybridized carbons (Fsp3) is 0.200. The number of pyridine rings is 1. The van der Waals surface area contributed by atoms with Crippen LogP contribution < -0.4 is 5.73 Å². The van der Waals surface area contributed by atoms with Crippen molar-refractivity contribution >= 4 is 32.7 Å². The third-order valence-electron chi connectivity index (χ3n) is 3.29. The Bertz CT molecular complexity index is 764. The highest BCUT2D eigenvalue weighted by Crippen LogP contribution is 2.33. The minimum absolute atomic E-state index is 0.716. The Morgan fingerprint density at radius 2 is 2.15 bits per heavy atom. The van der Waals surface area contributed by atoms with Gasteiger partial charge in [0.05, 0.1) is 17.4 Å². The summed E-state index contributed by atoms with van der Waals surface area (Å²) in [4.78, 5) is 8.85. The molecule has 3 aromatic rings. The van der Waals surface area contributed by atoms with Crippen molar-refractivity contribution in [2.75, 3.05) is 5.73 Å². The lowest BCUT2D eigenvalue weighted by atomic mass is 10.1. The molecule has 2 N–H and O–H groups in total. The molecule has 2 aromatic heterocycles. The maximum atomic E-state index is 6.19. The third-order valence-corrected chi connectivity index (χ3v) is 3.98. The molecule has 0 saturated heterocycles. The Morgan fingerprint density at radius 1 is 1.30 bits per heavy atom. The summed E-state index contributed by atoms with van der Waals surface area (Å²) in [6.45, 7) is 3.06. The lowest BCUT2D eigenvalue weighted by molar-refractivity contribution is 0.704. The number of halogens is 1. The van der Waals surface area contributed by atoms with Gasteiger partial charge in [0.15, 0.2) is 0 Å². The molecule has 0 saturated carbocycles. The van der Waals surface area contributed by atoms with Crippen LogP contribution in [0.25, 0.3) is 22.4 Å². The van der Waals surface area contributed by atoms with Crippen molar-refractivity contribution in [3.05, 3.63) is 41.1 Å². The summed E-state index contributed by atoms with van der Waals surface area (Å²) in [5.41, 5.74) is 9.84. The van der Waals surface area contributed by atoms with Gasteiger partial charge in [0.1, 0.15) is 11.3 Å². The molecular weight excluding hydrogens is 316 g/mol. The van der Waals surface area contributed by atoms with Gasteiger partial charge in [0.2, 0.25) is 0 Å². The van der Waals surface area contributed by atoms with Gasteiger partial charge in [-0.1, -0.05) is 13.0 Å². The van der Waals surface area contributed by atoms with Crippen LogP contribution in [0.2, 0.25) is 0 Å². The first kappa shape index (κ1) is 13.1. The molecule has 0 atom stereocenters. The zero-order valence-corrected chi connectivity index (χ0v) is 12.8. The molecule has 4 nitrogen and oxygen atoms in total. The van der Waals surface area contributed by atoms with Crippen molar-refractivity contribution in [1.29, 1.82) is 0 Å². The van der Waals surface area contributed by atoms with Gasteiger partial charge in [-0.2, -0.15) is 0 Å². The fourth-order valence-electron chi connectivity index (χ4n) is 2.37. The SMILES string of the molecule is CCCn1c(-c2cccc(Br)c2N)nc2cnccc21. The van der Waals surface area contributed by atoms with Crippen molar-refractivity contribution in [2.24, 2.45) is 0 Å². The van der Waals surface area contributed by atoms with Gasteiger partial charge in [0.25, 0.3) is 0 Å². The van der Waals surface area contributed by atoms with E-state index in [2.05, 4.69) is 32.4 Å². The van der Waals surface area contributed by atoms with Crippen molar-refractivity contribution < 1.29 is 0 Å². The highest BCUT2D eigenvalue weighted by atomic mass is 79.9. The van der Waals surface area contributed by atoms with E-state index in [1.165, 1.54) is 0 Å². The lowest BCUT2D eigenvalue weighted by Gasteiger charge is -2.10. The van der Waals surface area contributed by atoms with Gasteiger partial charge < -0.3 is 10.3 Å². The molecule has 0 spiro atoms. The van der Waals surface area contributed by atoms with E-state index >= 15 is 0 Å². The van der Waals surface area contributed by atoms with Crippen LogP contribution in [0.3, 0.4) is 0 Å². The zero-order chi connectivity index (χ0) is 14.1. The Kier molecular flexibility index (Phi) is 3.44. The molecule has 5 heteroatoms. The first-order valence-electron chi connectivity index (χ1n) is 6.57. The first-order valence-corrected chi connectivity index (χ1v) is 7.36. The smallest absolute Gasteiger partial charge is 0.143 e. The minimum atomic E-state index is 0.716. The number of hydrogen-bond donors (Lipinski definition) is 1. The average molecular weight is 331 g/mol. The van der Waals surface area contributed by atoms with E-state index in [1.807, 2.05) is 24.3 Å². The third kappa shape index (κ3) is 2.08. The maximum absolute atomic E-state index is 6.19. The summed E-state index contributed by atoms with van der Waals surface area (Å²) >= 11 is 3.48. The number of fused-ring (bicyclic) bond motifs is 1.